The van der Waals surface area contributed by atoms with E-state index in [2.05, 4.69) is 32.7 Å². The van der Waals surface area contributed by atoms with E-state index in [1.807, 2.05) is 97.1 Å². The molecule has 0 bridgehead atoms. The molecule has 0 aliphatic heterocycles. The van der Waals surface area contributed by atoms with Crippen LogP contribution in [0.1, 0.15) is 0 Å². The van der Waals surface area contributed by atoms with Crippen molar-refractivity contribution in [2.45, 2.75) is 12.2 Å². The summed E-state index contributed by atoms with van der Waals surface area (Å²) in [6.45, 7) is 2.96. The Labute approximate surface area is 289 Å². The van der Waals surface area contributed by atoms with Gasteiger partial charge in [0.15, 0.2) is 11.5 Å². The highest BCUT2D eigenvalue weighted by Crippen LogP contribution is 2.34. The van der Waals surface area contributed by atoms with Crippen LogP contribution in [0.2, 0.25) is 0 Å². The first-order valence-corrected chi connectivity index (χ1v) is 17.0. The fourth-order valence-corrected chi connectivity index (χ4v) is 6.16. The van der Waals surface area contributed by atoms with E-state index < -0.39 is 12.2 Å². The zero-order valence-corrected chi connectivity index (χ0v) is 27.7. The molecule has 6 N–H and O–H groups in total. The maximum Gasteiger partial charge on any atom is 0.161 e. The van der Waals surface area contributed by atoms with Gasteiger partial charge in [0.05, 0.1) is 11.0 Å². The van der Waals surface area contributed by atoms with Gasteiger partial charge in [-0.2, -0.15) is 0 Å². The van der Waals surface area contributed by atoms with Gasteiger partial charge in [-0.25, -0.2) is 0 Å². The molecule has 2 aromatic heterocycles. The lowest BCUT2D eigenvalue weighted by atomic mass is 10.1. The van der Waals surface area contributed by atoms with Crippen molar-refractivity contribution >= 4 is 43.6 Å². The number of fused-ring (bicyclic) bond motifs is 6. The number of H-pyrrole nitrogens is 2. The first-order chi connectivity index (χ1) is 24.6. The maximum absolute atomic E-state index is 10.5. The number of nitrogens with one attached hydrogen (secondary N) is 4. The van der Waals surface area contributed by atoms with Crippen LogP contribution in [0.3, 0.4) is 0 Å². The smallest absolute Gasteiger partial charge is 0.161 e. The van der Waals surface area contributed by atoms with E-state index in [-0.39, 0.29) is 13.2 Å². The van der Waals surface area contributed by atoms with E-state index in [0.29, 0.717) is 50.9 Å². The predicted molar refractivity (Wildman–Crippen MR) is 198 cm³/mol. The Morgan fingerprint density at radius 3 is 1.34 bits per heavy atom. The SMILES string of the molecule is O[C@H](CNCCOc1ccccc1OCCNC[C@H](O)COc1cccc2[nH]c3ccccc3c12)COc1cccc2[nH]c3ccccc3c12. The molecule has 10 heteroatoms. The summed E-state index contributed by atoms with van der Waals surface area (Å²) in [5, 5.41) is 31.8. The third-order valence-corrected chi connectivity index (χ3v) is 8.53. The standard InChI is InChI=1S/C40H42N4O6/c45-27(25-49-37-17-7-13-33-39(37)29-9-1-3-11-31(29)43-33)23-41-19-21-47-35-15-5-6-16-36(35)48-22-20-42-24-28(46)26-50-38-18-8-14-34-40(38)30-10-2-4-12-32(30)44-34/h1-18,27-28,41-46H,19-26H2/t27-,28+. The molecule has 10 nitrogen and oxygen atoms in total. The highest BCUT2D eigenvalue weighted by molar-refractivity contribution is 6.11. The van der Waals surface area contributed by atoms with Crippen molar-refractivity contribution in [1.82, 2.24) is 20.6 Å². The molecule has 258 valence electrons. The molecule has 0 fully saturated rings. The summed E-state index contributed by atoms with van der Waals surface area (Å²) in [6, 6.07) is 35.6. The molecule has 0 spiro atoms. The van der Waals surface area contributed by atoms with Gasteiger partial charge < -0.3 is 49.8 Å². The van der Waals surface area contributed by atoms with Crippen molar-refractivity contribution < 1.29 is 29.2 Å². The van der Waals surface area contributed by atoms with E-state index >= 15 is 0 Å². The molecule has 0 saturated heterocycles. The van der Waals surface area contributed by atoms with Crippen LogP contribution in [0.15, 0.2) is 109 Å². The molecule has 0 saturated carbocycles. The zero-order valence-electron chi connectivity index (χ0n) is 27.7. The number of hydrogen-bond acceptors (Lipinski definition) is 8. The molecule has 7 rings (SSSR count). The van der Waals surface area contributed by atoms with E-state index in [0.717, 1.165) is 55.1 Å². The first kappa shape index (κ1) is 33.2. The monoisotopic (exact) mass is 674 g/mol. The number of hydrogen-bond donors (Lipinski definition) is 6. The Morgan fingerprint density at radius 1 is 0.460 bits per heavy atom. The van der Waals surface area contributed by atoms with Crippen LogP contribution < -0.4 is 29.6 Å². The van der Waals surface area contributed by atoms with Gasteiger partial charge in [0, 0.05) is 58.8 Å². The molecule has 0 aliphatic rings. The van der Waals surface area contributed by atoms with Crippen molar-refractivity contribution in [2.24, 2.45) is 0 Å². The fraction of sp³-hybridized carbons (Fsp3) is 0.250. The van der Waals surface area contributed by atoms with Crippen molar-refractivity contribution in [3.05, 3.63) is 109 Å². The quantitative estimate of drug-likeness (QED) is 0.0633. The minimum absolute atomic E-state index is 0.169. The maximum atomic E-state index is 10.5. The number of benzene rings is 5. The second-order valence-electron chi connectivity index (χ2n) is 12.2. The topological polar surface area (TPSA) is 133 Å². The molecule has 0 unspecified atom stereocenters. The molecule has 7 aromatic rings. The van der Waals surface area contributed by atoms with Crippen molar-refractivity contribution in [3.63, 3.8) is 0 Å². The number of rotatable bonds is 18. The number of aromatic amines is 2. The summed E-state index contributed by atoms with van der Waals surface area (Å²) in [5.74, 6) is 2.78. The lowest BCUT2D eigenvalue weighted by molar-refractivity contribution is 0.106. The van der Waals surface area contributed by atoms with Crippen LogP contribution in [-0.2, 0) is 0 Å². The number of aliphatic hydroxyl groups excluding tert-OH is 2. The molecule has 5 aromatic carbocycles. The molecule has 2 heterocycles. The Balaban J connectivity index is 0.788. The van der Waals surface area contributed by atoms with Gasteiger partial charge >= 0.3 is 0 Å². The fourth-order valence-electron chi connectivity index (χ4n) is 6.16. The normalized spacial score (nSPS) is 12.8. The Morgan fingerprint density at radius 2 is 0.860 bits per heavy atom. The molecule has 0 aliphatic carbocycles. The van der Waals surface area contributed by atoms with Crippen LogP contribution in [0.25, 0.3) is 43.6 Å². The number of aromatic nitrogens is 2. The second-order valence-corrected chi connectivity index (χ2v) is 12.2. The molecular formula is C40H42N4O6. The van der Waals surface area contributed by atoms with E-state index in [9.17, 15) is 10.2 Å². The van der Waals surface area contributed by atoms with Crippen LogP contribution in [0.4, 0.5) is 0 Å². The lowest BCUT2D eigenvalue weighted by Crippen LogP contribution is -2.34. The number of ether oxygens (including phenoxy) is 4. The highest BCUT2D eigenvalue weighted by atomic mass is 16.5. The minimum Gasteiger partial charge on any atom is -0.490 e. The lowest BCUT2D eigenvalue weighted by Gasteiger charge is -2.16. The average Bonchev–Trinajstić information content (AvgIpc) is 3.72. The van der Waals surface area contributed by atoms with E-state index in [1.54, 1.807) is 0 Å². The predicted octanol–water partition coefficient (Wildman–Crippen LogP) is 5.77. The first-order valence-electron chi connectivity index (χ1n) is 17.0. The van der Waals surface area contributed by atoms with Crippen LogP contribution in [0, 0.1) is 0 Å². The van der Waals surface area contributed by atoms with Gasteiger partial charge in [0.2, 0.25) is 0 Å². The van der Waals surface area contributed by atoms with Crippen LogP contribution >= 0.6 is 0 Å². The van der Waals surface area contributed by atoms with Gasteiger partial charge in [-0.3, -0.25) is 0 Å². The van der Waals surface area contributed by atoms with Crippen molar-refractivity contribution in [3.8, 4) is 23.0 Å². The van der Waals surface area contributed by atoms with Crippen LogP contribution in [0.5, 0.6) is 23.0 Å². The van der Waals surface area contributed by atoms with Gasteiger partial charge in [-0.05, 0) is 48.5 Å². The third kappa shape index (κ3) is 7.79. The van der Waals surface area contributed by atoms with Crippen molar-refractivity contribution in [2.75, 3.05) is 52.6 Å². The third-order valence-electron chi connectivity index (χ3n) is 8.53. The van der Waals surface area contributed by atoms with Gasteiger partial charge in [0.1, 0.15) is 50.1 Å². The Hall–Kier alpha value is -5.26. The van der Waals surface area contributed by atoms with E-state index in [4.69, 9.17) is 18.9 Å². The number of para-hydroxylation sites is 4. The molecular weight excluding hydrogens is 632 g/mol. The summed E-state index contributed by atoms with van der Waals surface area (Å²) >= 11 is 0. The summed E-state index contributed by atoms with van der Waals surface area (Å²) in [7, 11) is 0. The second kappa shape index (κ2) is 16.0. The molecule has 2 atom stereocenters. The minimum atomic E-state index is -0.683. The molecule has 0 radical (unpaired) electrons. The summed E-state index contributed by atoms with van der Waals surface area (Å²) in [5.41, 5.74) is 4.12. The largest absolute Gasteiger partial charge is 0.490 e. The van der Waals surface area contributed by atoms with Crippen molar-refractivity contribution in [1.29, 1.82) is 0 Å². The van der Waals surface area contributed by atoms with Gasteiger partial charge in [0.25, 0.3) is 0 Å². The molecule has 50 heavy (non-hydrogen) atoms. The van der Waals surface area contributed by atoms with E-state index in [1.165, 1.54) is 0 Å². The summed E-state index contributed by atoms with van der Waals surface area (Å²) < 4.78 is 24.0. The van der Waals surface area contributed by atoms with Gasteiger partial charge in [-0.15, -0.1) is 0 Å². The highest BCUT2D eigenvalue weighted by Gasteiger charge is 2.13. The Bertz CT molecular complexity index is 2010. The summed E-state index contributed by atoms with van der Waals surface area (Å²) in [6.07, 6.45) is -1.37. The summed E-state index contributed by atoms with van der Waals surface area (Å²) in [4.78, 5) is 6.83. The Kier molecular flexibility index (Phi) is 10.6. The molecule has 0 amide bonds. The number of aliphatic hydroxyl groups is 2. The zero-order chi connectivity index (χ0) is 34.1. The average molecular weight is 675 g/mol. The van der Waals surface area contributed by atoms with Crippen LogP contribution in [-0.4, -0.2) is 85.0 Å². The van der Waals surface area contributed by atoms with Gasteiger partial charge in [-0.1, -0.05) is 60.7 Å².